The van der Waals surface area contributed by atoms with E-state index in [2.05, 4.69) is 24.3 Å². The number of benzene rings is 2. The molecule has 0 bridgehead atoms. The number of ether oxygens (including phenoxy) is 2. The van der Waals surface area contributed by atoms with E-state index in [1.54, 1.807) is 14.2 Å². The van der Waals surface area contributed by atoms with Crippen LogP contribution in [0.2, 0.25) is 0 Å². The SMILES string of the molecule is COc1ccc2sc3c(sc4c5cc(OC)ccc5sc43)c2c1. The van der Waals surface area contributed by atoms with E-state index in [1.807, 2.05) is 46.1 Å². The Labute approximate surface area is 144 Å². The molecule has 0 spiro atoms. The first-order valence-corrected chi connectivity index (χ1v) is 9.63. The summed E-state index contributed by atoms with van der Waals surface area (Å²) in [6.07, 6.45) is 0. The molecule has 0 amide bonds. The van der Waals surface area contributed by atoms with Crippen molar-refractivity contribution in [1.29, 1.82) is 0 Å². The molecule has 114 valence electrons. The summed E-state index contributed by atoms with van der Waals surface area (Å²) in [6.45, 7) is 0. The highest BCUT2D eigenvalue weighted by molar-refractivity contribution is 7.43. The van der Waals surface area contributed by atoms with Crippen LogP contribution in [0, 0.1) is 0 Å². The van der Waals surface area contributed by atoms with Gasteiger partial charge in [-0.25, -0.2) is 0 Å². The number of hydrogen-bond acceptors (Lipinski definition) is 5. The lowest BCUT2D eigenvalue weighted by Gasteiger charge is -1.98. The van der Waals surface area contributed by atoms with Crippen molar-refractivity contribution in [2.45, 2.75) is 0 Å². The number of rotatable bonds is 2. The highest BCUT2D eigenvalue weighted by Gasteiger charge is 2.17. The summed E-state index contributed by atoms with van der Waals surface area (Å²) < 4.78 is 19.0. The predicted octanol–water partition coefficient (Wildman–Crippen LogP) is 6.50. The van der Waals surface area contributed by atoms with E-state index < -0.39 is 0 Å². The van der Waals surface area contributed by atoms with Crippen LogP contribution < -0.4 is 9.47 Å². The fourth-order valence-corrected chi connectivity index (χ4v) is 7.17. The van der Waals surface area contributed by atoms with Crippen LogP contribution in [0.1, 0.15) is 0 Å². The molecule has 0 saturated heterocycles. The first-order chi connectivity index (χ1) is 11.3. The van der Waals surface area contributed by atoms with Gasteiger partial charge in [-0.1, -0.05) is 0 Å². The molecule has 0 aliphatic heterocycles. The molecule has 5 rings (SSSR count). The third-order valence-electron chi connectivity index (χ3n) is 4.11. The van der Waals surface area contributed by atoms with Crippen molar-refractivity contribution >= 4 is 73.0 Å². The monoisotopic (exact) mass is 356 g/mol. The third kappa shape index (κ3) is 1.84. The molecule has 0 aliphatic rings. The molecule has 5 heteroatoms. The van der Waals surface area contributed by atoms with Gasteiger partial charge in [0, 0.05) is 20.2 Å². The van der Waals surface area contributed by atoms with Crippen LogP contribution in [0.25, 0.3) is 39.0 Å². The standard InChI is InChI=1S/C18H12O2S3/c1-19-9-3-5-13-11(7-9)15-17(21-13)18-16(23-15)12-8-10(20-2)4-6-14(12)22-18/h3-8H,1-2H3. The van der Waals surface area contributed by atoms with Crippen molar-refractivity contribution in [3.63, 3.8) is 0 Å². The zero-order valence-corrected chi connectivity index (χ0v) is 15.0. The molecule has 0 radical (unpaired) electrons. The lowest BCUT2D eigenvalue weighted by Crippen LogP contribution is -1.80. The predicted molar refractivity (Wildman–Crippen MR) is 103 cm³/mol. The highest BCUT2D eigenvalue weighted by Crippen LogP contribution is 2.50. The molecule has 0 atom stereocenters. The van der Waals surface area contributed by atoms with E-state index in [4.69, 9.17) is 9.47 Å². The molecule has 2 nitrogen and oxygen atoms in total. The Balaban J connectivity index is 1.92. The second-order valence-corrected chi connectivity index (χ2v) is 8.47. The fourth-order valence-electron chi connectivity index (χ4n) is 2.97. The molecule has 0 unspecified atom stereocenters. The smallest absolute Gasteiger partial charge is 0.119 e. The second kappa shape index (κ2) is 4.84. The summed E-state index contributed by atoms with van der Waals surface area (Å²) >= 11 is 5.63. The average molecular weight is 356 g/mol. The van der Waals surface area contributed by atoms with Crippen molar-refractivity contribution < 1.29 is 9.47 Å². The van der Waals surface area contributed by atoms with Crippen LogP contribution in [0.4, 0.5) is 0 Å². The lowest BCUT2D eigenvalue weighted by atomic mass is 10.2. The van der Waals surface area contributed by atoms with Crippen LogP contribution in [0.5, 0.6) is 11.5 Å². The quantitative estimate of drug-likeness (QED) is 0.359. The molecule has 0 N–H and O–H groups in total. The van der Waals surface area contributed by atoms with Crippen molar-refractivity contribution in [2.75, 3.05) is 14.2 Å². The Bertz CT molecular complexity index is 1100. The Hall–Kier alpha value is -1.82. The topological polar surface area (TPSA) is 18.5 Å². The molecular formula is C18H12O2S3. The molecule has 5 aromatic rings. The van der Waals surface area contributed by atoms with Crippen molar-refractivity contribution in [3.8, 4) is 11.5 Å². The van der Waals surface area contributed by atoms with Gasteiger partial charge in [0.25, 0.3) is 0 Å². The molecule has 0 fully saturated rings. The normalized spacial score (nSPS) is 11.9. The Morgan fingerprint density at radius 1 is 0.609 bits per heavy atom. The molecule has 0 saturated carbocycles. The van der Waals surface area contributed by atoms with E-state index in [-0.39, 0.29) is 0 Å². The van der Waals surface area contributed by atoms with E-state index in [9.17, 15) is 0 Å². The molecule has 3 aromatic heterocycles. The van der Waals surface area contributed by atoms with Gasteiger partial charge in [-0.15, -0.1) is 34.0 Å². The summed E-state index contributed by atoms with van der Waals surface area (Å²) in [5.74, 6) is 1.83. The van der Waals surface area contributed by atoms with Gasteiger partial charge in [0.15, 0.2) is 0 Å². The van der Waals surface area contributed by atoms with Gasteiger partial charge in [0.05, 0.1) is 33.0 Å². The van der Waals surface area contributed by atoms with E-state index in [1.165, 1.54) is 39.0 Å². The van der Waals surface area contributed by atoms with Gasteiger partial charge in [-0.05, 0) is 36.4 Å². The van der Waals surface area contributed by atoms with E-state index >= 15 is 0 Å². The van der Waals surface area contributed by atoms with Crippen molar-refractivity contribution in [1.82, 2.24) is 0 Å². The largest absolute Gasteiger partial charge is 0.497 e. The first-order valence-electron chi connectivity index (χ1n) is 7.18. The number of methoxy groups -OCH3 is 2. The summed E-state index contributed by atoms with van der Waals surface area (Å²) in [5.41, 5.74) is 0. The number of thiophene rings is 3. The van der Waals surface area contributed by atoms with Gasteiger partial charge in [-0.2, -0.15) is 0 Å². The molecule has 2 aromatic carbocycles. The van der Waals surface area contributed by atoms with Gasteiger partial charge < -0.3 is 9.47 Å². The minimum atomic E-state index is 0.917. The molecule has 0 aliphatic carbocycles. The minimum absolute atomic E-state index is 0.917. The van der Waals surface area contributed by atoms with Crippen LogP contribution >= 0.6 is 34.0 Å². The van der Waals surface area contributed by atoms with E-state index in [0.29, 0.717) is 0 Å². The Kier molecular flexibility index (Phi) is 2.86. The fraction of sp³-hybridized carbons (Fsp3) is 0.111. The van der Waals surface area contributed by atoms with Crippen LogP contribution in [-0.4, -0.2) is 14.2 Å². The number of hydrogen-bond donors (Lipinski definition) is 0. The lowest BCUT2D eigenvalue weighted by molar-refractivity contribution is 0.415. The molecule has 23 heavy (non-hydrogen) atoms. The van der Waals surface area contributed by atoms with Crippen molar-refractivity contribution in [2.24, 2.45) is 0 Å². The summed E-state index contributed by atoms with van der Waals surface area (Å²) in [7, 11) is 3.44. The minimum Gasteiger partial charge on any atom is -0.497 e. The van der Waals surface area contributed by atoms with Crippen LogP contribution in [-0.2, 0) is 0 Å². The number of fused-ring (bicyclic) bond motifs is 7. The van der Waals surface area contributed by atoms with Gasteiger partial charge >= 0.3 is 0 Å². The molecule has 3 heterocycles. The van der Waals surface area contributed by atoms with Gasteiger partial charge in [0.1, 0.15) is 11.5 Å². The Morgan fingerprint density at radius 2 is 1.09 bits per heavy atom. The summed E-state index contributed by atoms with van der Waals surface area (Å²) in [4.78, 5) is 0. The third-order valence-corrected chi connectivity index (χ3v) is 8.13. The van der Waals surface area contributed by atoms with Crippen molar-refractivity contribution in [3.05, 3.63) is 36.4 Å². The maximum absolute atomic E-state index is 5.39. The highest BCUT2D eigenvalue weighted by atomic mass is 32.1. The van der Waals surface area contributed by atoms with Gasteiger partial charge in [0.2, 0.25) is 0 Å². The van der Waals surface area contributed by atoms with Gasteiger partial charge in [-0.3, -0.25) is 0 Å². The maximum Gasteiger partial charge on any atom is 0.119 e. The first kappa shape index (κ1) is 13.6. The average Bonchev–Trinajstić information content (AvgIpc) is 3.22. The second-order valence-electron chi connectivity index (χ2n) is 5.35. The summed E-state index contributed by atoms with van der Waals surface area (Å²) in [6, 6.07) is 12.7. The van der Waals surface area contributed by atoms with E-state index in [0.717, 1.165) is 11.5 Å². The zero-order chi connectivity index (χ0) is 15.6. The summed E-state index contributed by atoms with van der Waals surface area (Å²) in [5, 5.41) is 2.60. The Morgan fingerprint density at radius 3 is 1.52 bits per heavy atom. The van der Waals surface area contributed by atoms with Crippen LogP contribution in [0.15, 0.2) is 36.4 Å². The maximum atomic E-state index is 5.39. The van der Waals surface area contributed by atoms with Crippen LogP contribution in [0.3, 0.4) is 0 Å². The zero-order valence-electron chi connectivity index (χ0n) is 12.5. The molecular weight excluding hydrogens is 344 g/mol.